The highest BCUT2D eigenvalue weighted by atomic mass is 16.6. The van der Waals surface area contributed by atoms with Crippen molar-refractivity contribution in [1.82, 2.24) is 10.3 Å². The lowest BCUT2D eigenvalue weighted by atomic mass is 10.2. The molecule has 4 nitrogen and oxygen atoms in total. The lowest BCUT2D eigenvalue weighted by Gasteiger charge is -1.83. The van der Waals surface area contributed by atoms with Gasteiger partial charge in [-0.15, -0.1) is 0 Å². The maximum absolute atomic E-state index is 8.51. The average molecular weight is 145 g/mol. The SMILES string of the molecule is N#Cc1ccc2nonc2c1. The molecule has 11 heavy (non-hydrogen) atoms. The van der Waals surface area contributed by atoms with Gasteiger partial charge in [-0.1, -0.05) is 0 Å². The molecule has 0 saturated heterocycles. The van der Waals surface area contributed by atoms with Gasteiger partial charge in [-0.25, -0.2) is 4.63 Å². The van der Waals surface area contributed by atoms with Crippen molar-refractivity contribution in [2.75, 3.05) is 0 Å². The number of hydrogen-bond donors (Lipinski definition) is 0. The van der Waals surface area contributed by atoms with Crippen LogP contribution in [0.25, 0.3) is 11.0 Å². The predicted octanol–water partition coefficient (Wildman–Crippen LogP) is 1.09. The van der Waals surface area contributed by atoms with E-state index in [1.807, 2.05) is 6.07 Å². The Morgan fingerprint density at radius 1 is 1.27 bits per heavy atom. The molecule has 2 aromatic rings. The van der Waals surface area contributed by atoms with Gasteiger partial charge in [-0.3, -0.25) is 0 Å². The maximum atomic E-state index is 8.51. The van der Waals surface area contributed by atoms with E-state index in [-0.39, 0.29) is 0 Å². The summed E-state index contributed by atoms with van der Waals surface area (Å²) >= 11 is 0. The third-order valence-corrected chi connectivity index (χ3v) is 1.38. The van der Waals surface area contributed by atoms with Crippen LogP contribution in [0.15, 0.2) is 22.8 Å². The monoisotopic (exact) mass is 145 g/mol. The predicted molar refractivity (Wildman–Crippen MR) is 36.5 cm³/mol. The van der Waals surface area contributed by atoms with Crippen LogP contribution in [0, 0.1) is 11.3 Å². The third kappa shape index (κ3) is 0.829. The van der Waals surface area contributed by atoms with Crippen molar-refractivity contribution in [3.63, 3.8) is 0 Å². The molecule has 0 aliphatic rings. The summed E-state index contributed by atoms with van der Waals surface area (Å²) in [6.07, 6.45) is 0. The van der Waals surface area contributed by atoms with Crippen LogP contribution in [0.5, 0.6) is 0 Å². The summed E-state index contributed by atoms with van der Waals surface area (Å²) in [6, 6.07) is 7.00. The topological polar surface area (TPSA) is 62.7 Å². The molecular weight excluding hydrogens is 142 g/mol. The van der Waals surface area contributed by atoms with Crippen molar-refractivity contribution in [3.8, 4) is 6.07 Å². The molecule has 0 amide bonds. The van der Waals surface area contributed by atoms with Gasteiger partial charge in [-0.05, 0) is 28.5 Å². The molecule has 52 valence electrons. The molecule has 1 aromatic heterocycles. The molecular formula is C7H3N3O. The van der Waals surface area contributed by atoms with Crippen molar-refractivity contribution in [2.45, 2.75) is 0 Å². The lowest BCUT2D eigenvalue weighted by Crippen LogP contribution is -1.73. The Balaban J connectivity index is 2.79. The zero-order valence-corrected chi connectivity index (χ0v) is 5.48. The summed E-state index contributed by atoms with van der Waals surface area (Å²) in [7, 11) is 0. The normalized spacial score (nSPS) is 9.73. The van der Waals surface area contributed by atoms with E-state index < -0.39 is 0 Å². The van der Waals surface area contributed by atoms with Crippen LogP contribution in [0.3, 0.4) is 0 Å². The minimum atomic E-state index is 0.563. The summed E-state index contributed by atoms with van der Waals surface area (Å²) in [5.41, 5.74) is 1.85. The zero-order valence-electron chi connectivity index (χ0n) is 5.48. The first kappa shape index (κ1) is 5.86. The molecule has 0 spiro atoms. The Hall–Kier alpha value is -1.89. The highest BCUT2D eigenvalue weighted by Crippen LogP contribution is 2.09. The molecule has 1 heterocycles. The summed E-state index contributed by atoms with van der Waals surface area (Å²) in [6.45, 7) is 0. The number of fused-ring (bicyclic) bond motifs is 1. The Morgan fingerprint density at radius 3 is 2.91 bits per heavy atom. The van der Waals surface area contributed by atoms with Crippen LogP contribution >= 0.6 is 0 Å². The van der Waals surface area contributed by atoms with E-state index in [0.29, 0.717) is 16.6 Å². The summed E-state index contributed by atoms with van der Waals surface area (Å²) in [5.74, 6) is 0. The molecule has 0 bridgehead atoms. The standard InChI is InChI=1S/C7H3N3O/c8-4-5-1-2-6-7(3-5)10-11-9-6/h1-3H. The quantitative estimate of drug-likeness (QED) is 0.556. The summed E-state index contributed by atoms with van der Waals surface area (Å²) in [5, 5.41) is 15.7. The summed E-state index contributed by atoms with van der Waals surface area (Å²) < 4.78 is 4.45. The molecule has 4 heteroatoms. The number of rotatable bonds is 0. The molecule has 0 aliphatic carbocycles. The van der Waals surface area contributed by atoms with Gasteiger partial charge in [0.2, 0.25) is 0 Å². The first-order valence-corrected chi connectivity index (χ1v) is 3.02. The molecule has 0 saturated carbocycles. The Labute approximate surface area is 62.0 Å². The van der Waals surface area contributed by atoms with Crippen LogP contribution in [-0.4, -0.2) is 10.3 Å². The second kappa shape index (κ2) is 2.06. The number of aromatic nitrogens is 2. The van der Waals surface area contributed by atoms with Crippen LogP contribution in [-0.2, 0) is 0 Å². The Bertz CT molecular complexity index is 426. The number of hydrogen-bond acceptors (Lipinski definition) is 4. The van der Waals surface area contributed by atoms with E-state index in [4.69, 9.17) is 5.26 Å². The highest BCUT2D eigenvalue weighted by molar-refractivity contribution is 5.74. The average Bonchev–Trinajstić information content (AvgIpc) is 2.50. The molecule has 1 aromatic carbocycles. The van der Waals surface area contributed by atoms with Crippen molar-refractivity contribution < 1.29 is 4.63 Å². The van der Waals surface area contributed by atoms with Gasteiger partial charge in [0, 0.05) is 0 Å². The second-order valence-electron chi connectivity index (χ2n) is 2.08. The Morgan fingerprint density at radius 2 is 2.09 bits per heavy atom. The van der Waals surface area contributed by atoms with Gasteiger partial charge in [0.05, 0.1) is 11.6 Å². The molecule has 0 atom stereocenters. The maximum Gasteiger partial charge on any atom is 0.136 e. The molecule has 0 radical (unpaired) electrons. The van der Waals surface area contributed by atoms with Gasteiger partial charge in [0.15, 0.2) is 0 Å². The van der Waals surface area contributed by atoms with Crippen LogP contribution in [0.1, 0.15) is 5.56 Å². The van der Waals surface area contributed by atoms with E-state index in [1.165, 1.54) is 0 Å². The zero-order chi connectivity index (χ0) is 7.68. The largest absolute Gasteiger partial charge is 0.243 e. The molecule has 0 fully saturated rings. The van der Waals surface area contributed by atoms with Crippen LogP contribution in [0.4, 0.5) is 0 Å². The molecule has 0 aliphatic heterocycles. The fourth-order valence-corrected chi connectivity index (χ4v) is 0.852. The first-order valence-electron chi connectivity index (χ1n) is 3.02. The van der Waals surface area contributed by atoms with Gasteiger partial charge in [0.1, 0.15) is 11.0 Å². The first-order chi connectivity index (χ1) is 5.40. The molecule has 0 N–H and O–H groups in total. The fraction of sp³-hybridized carbons (Fsp3) is 0. The fourth-order valence-electron chi connectivity index (χ4n) is 0.852. The minimum absolute atomic E-state index is 0.563. The van der Waals surface area contributed by atoms with E-state index in [2.05, 4.69) is 14.9 Å². The van der Waals surface area contributed by atoms with E-state index >= 15 is 0 Å². The highest BCUT2D eigenvalue weighted by Gasteiger charge is 1.99. The minimum Gasteiger partial charge on any atom is -0.243 e. The van der Waals surface area contributed by atoms with E-state index in [1.54, 1.807) is 18.2 Å². The van der Waals surface area contributed by atoms with Crippen LogP contribution < -0.4 is 0 Å². The van der Waals surface area contributed by atoms with Gasteiger partial charge >= 0.3 is 0 Å². The third-order valence-electron chi connectivity index (χ3n) is 1.38. The molecule has 2 rings (SSSR count). The van der Waals surface area contributed by atoms with E-state index in [0.717, 1.165) is 0 Å². The Kier molecular flexibility index (Phi) is 1.10. The second-order valence-corrected chi connectivity index (χ2v) is 2.08. The number of nitriles is 1. The lowest BCUT2D eigenvalue weighted by molar-refractivity contribution is 0.315. The number of nitrogens with zero attached hydrogens (tertiary/aromatic N) is 3. The van der Waals surface area contributed by atoms with Crippen molar-refractivity contribution in [3.05, 3.63) is 23.8 Å². The molecule has 0 unspecified atom stereocenters. The number of benzene rings is 1. The van der Waals surface area contributed by atoms with Gasteiger partial charge in [0.25, 0.3) is 0 Å². The van der Waals surface area contributed by atoms with Crippen molar-refractivity contribution in [2.24, 2.45) is 0 Å². The van der Waals surface area contributed by atoms with Crippen LogP contribution in [0.2, 0.25) is 0 Å². The summed E-state index contributed by atoms with van der Waals surface area (Å²) in [4.78, 5) is 0. The van der Waals surface area contributed by atoms with Crippen molar-refractivity contribution >= 4 is 11.0 Å². The van der Waals surface area contributed by atoms with E-state index in [9.17, 15) is 0 Å². The van der Waals surface area contributed by atoms with Crippen molar-refractivity contribution in [1.29, 1.82) is 5.26 Å². The van der Waals surface area contributed by atoms with Gasteiger partial charge < -0.3 is 0 Å². The smallest absolute Gasteiger partial charge is 0.136 e. The van der Waals surface area contributed by atoms with Gasteiger partial charge in [-0.2, -0.15) is 5.26 Å².